The highest BCUT2D eigenvalue weighted by Crippen LogP contribution is 2.35. The molecule has 0 N–H and O–H groups in total. The summed E-state index contributed by atoms with van der Waals surface area (Å²) in [4.78, 5) is 17.4. The number of amides is 1. The van der Waals surface area contributed by atoms with Crippen LogP contribution >= 0.6 is 0 Å². The maximum atomic E-state index is 13.6. The summed E-state index contributed by atoms with van der Waals surface area (Å²) in [5.74, 6) is 2.19. The summed E-state index contributed by atoms with van der Waals surface area (Å²) in [6.07, 6.45) is 6.42. The molecule has 1 saturated carbocycles. The Morgan fingerprint density at radius 3 is 2.06 bits per heavy atom. The summed E-state index contributed by atoms with van der Waals surface area (Å²) < 4.78 is 39.7. The molecular formula is C27H43N3O5S. The smallest absolute Gasteiger partial charge is 0.248 e. The minimum absolute atomic E-state index is 0.00815. The maximum absolute atomic E-state index is 13.6. The molecule has 9 heteroatoms. The quantitative estimate of drug-likeness (QED) is 0.441. The van der Waals surface area contributed by atoms with Gasteiger partial charge in [0.1, 0.15) is 12.4 Å². The first-order valence-corrected chi connectivity index (χ1v) is 14.9. The number of carbonyl (C=O) groups excluding carboxylic acids is 1. The second kappa shape index (κ2) is 11.8. The molecule has 0 unspecified atom stereocenters. The van der Waals surface area contributed by atoms with Gasteiger partial charge in [-0.1, -0.05) is 0 Å². The van der Waals surface area contributed by atoms with Crippen molar-refractivity contribution in [1.82, 2.24) is 14.1 Å². The van der Waals surface area contributed by atoms with Crippen LogP contribution in [0.1, 0.15) is 49.7 Å². The molecule has 2 saturated heterocycles. The Balaban J connectivity index is 1.25. The van der Waals surface area contributed by atoms with Gasteiger partial charge in [0.15, 0.2) is 0 Å². The second-order valence-electron chi connectivity index (χ2n) is 10.8. The highest BCUT2D eigenvalue weighted by molar-refractivity contribution is 7.89. The molecule has 1 aromatic carbocycles. The predicted octanol–water partition coefficient (Wildman–Crippen LogP) is 3.06. The summed E-state index contributed by atoms with van der Waals surface area (Å²) in [5.41, 5.74) is 1.36. The number of piperidine rings is 2. The Kier molecular flexibility index (Phi) is 8.96. The van der Waals surface area contributed by atoms with Gasteiger partial charge in [-0.2, -0.15) is 4.31 Å². The molecule has 2 aliphatic heterocycles. The molecule has 1 amide bonds. The topological polar surface area (TPSA) is 79.4 Å². The number of aryl methyl sites for hydroxylation is 2. The van der Waals surface area contributed by atoms with Gasteiger partial charge in [0.2, 0.25) is 15.9 Å². The number of carbonyl (C=O) groups is 1. The lowest BCUT2D eigenvalue weighted by atomic mass is 9.79. The van der Waals surface area contributed by atoms with Gasteiger partial charge in [0, 0.05) is 25.7 Å². The Morgan fingerprint density at radius 2 is 1.53 bits per heavy atom. The van der Waals surface area contributed by atoms with Gasteiger partial charge in [0.25, 0.3) is 0 Å². The van der Waals surface area contributed by atoms with Gasteiger partial charge in [-0.25, -0.2) is 8.42 Å². The first kappa shape index (κ1) is 27.4. The summed E-state index contributed by atoms with van der Waals surface area (Å²) in [6.45, 7) is 8.06. The van der Waals surface area contributed by atoms with E-state index in [1.807, 2.05) is 4.90 Å². The van der Waals surface area contributed by atoms with Crippen LogP contribution < -0.4 is 4.74 Å². The summed E-state index contributed by atoms with van der Waals surface area (Å²) in [6, 6.07) is 3.53. The van der Waals surface area contributed by atoms with E-state index in [-0.39, 0.29) is 31.7 Å². The van der Waals surface area contributed by atoms with E-state index in [0.717, 1.165) is 50.6 Å². The molecule has 0 bridgehead atoms. The van der Waals surface area contributed by atoms with Crippen LogP contribution in [0, 0.1) is 25.7 Å². The first-order chi connectivity index (χ1) is 17.2. The van der Waals surface area contributed by atoms with Gasteiger partial charge in [-0.3, -0.25) is 4.79 Å². The van der Waals surface area contributed by atoms with Gasteiger partial charge >= 0.3 is 0 Å². The fraction of sp³-hybridized carbons (Fsp3) is 0.741. The maximum Gasteiger partial charge on any atom is 0.248 e. The lowest BCUT2D eigenvalue weighted by molar-refractivity contribution is -0.137. The third-order valence-corrected chi connectivity index (χ3v) is 10.5. The van der Waals surface area contributed by atoms with E-state index in [1.165, 1.54) is 25.9 Å². The van der Waals surface area contributed by atoms with Crippen molar-refractivity contribution in [3.8, 4) is 5.75 Å². The molecule has 202 valence electrons. The number of sulfonamides is 1. The number of hydrogen-bond donors (Lipinski definition) is 0. The predicted molar refractivity (Wildman–Crippen MR) is 140 cm³/mol. The zero-order chi connectivity index (χ0) is 25.9. The molecule has 2 heterocycles. The van der Waals surface area contributed by atoms with Crippen LogP contribution in [0.2, 0.25) is 0 Å². The zero-order valence-corrected chi connectivity index (χ0v) is 23.2. The second-order valence-corrected chi connectivity index (χ2v) is 12.7. The van der Waals surface area contributed by atoms with Crippen LogP contribution in [0.3, 0.4) is 0 Å². The van der Waals surface area contributed by atoms with Crippen molar-refractivity contribution in [3.05, 3.63) is 23.3 Å². The number of ether oxygens (including phenoxy) is 2. The molecule has 1 aliphatic carbocycles. The van der Waals surface area contributed by atoms with Crippen molar-refractivity contribution in [2.45, 2.75) is 63.3 Å². The third-order valence-electron chi connectivity index (χ3n) is 8.19. The molecule has 4 rings (SSSR count). The molecule has 3 aliphatic rings. The summed E-state index contributed by atoms with van der Waals surface area (Å²) >= 11 is 0. The average molecular weight is 522 g/mol. The lowest BCUT2D eigenvalue weighted by Crippen LogP contribution is -2.43. The van der Waals surface area contributed by atoms with Gasteiger partial charge in [-0.15, -0.1) is 0 Å². The molecule has 0 spiro atoms. The summed E-state index contributed by atoms with van der Waals surface area (Å²) in [7, 11) is 0.105. The Bertz CT molecular complexity index is 987. The fourth-order valence-corrected chi connectivity index (χ4v) is 8.02. The van der Waals surface area contributed by atoms with E-state index in [0.29, 0.717) is 21.8 Å². The number of methoxy groups -OCH3 is 1. The van der Waals surface area contributed by atoms with Gasteiger partial charge in [0.05, 0.1) is 18.6 Å². The Hall–Kier alpha value is -1.68. The van der Waals surface area contributed by atoms with Crippen LogP contribution in [-0.4, -0.2) is 94.6 Å². The van der Waals surface area contributed by atoms with Crippen molar-refractivity contribution in [2.24, 2.45) is 11.8 Å². The molecule has 1 aromatic rings. The van der Waals surface area contributed by atoms with Crippen LogP contribution in [0.5, 0.6) is 5.75 Å². The van der Waals surface area contributed by atoms with Gasteiger partial charge in [-0.05, 0) is 108 Å². The van der Waals surface area contributed by atoms with Crippen molar-refractivity contribution in [2.75, 3.05) is 60.1 Å². The van der Waals surface area contributed by atoms with E-state index in [4.69, 9.17) is 9.47 Å². The lowest BCUT2D eigenvalue weighted by Gasteiger charge is -2.39. The largest absolute Gasteiger partial charge is 0.497 e. The van der Waals surface area contributed by atoms with E-state index in [1.54, 1.807) is 37.4 Å². The van der Waals surface area contributed by atoms with Gasteiger partial charge < -0.3 is 19.3 Å². The SMILES string of the molecule is COc1cc(C)c(S(=O)(=O)N(CCOCC(=O)N2CCC(C3CCN(C)CC3)CC2)C2CC2)c(C)c1. The van der Waals surface area contributed by atoms with Crippen molar-refractivity contribution in [3.63, 3.8) is 0 Å². The van der Waals surface area contributed by atoms with Crippen molar-refractivity contribution < 1.29 is 22.7 Å². The van der Waals surface area contributed by atoms with Crippen LogP contribution in [0.15, 0.2) is 17.0 Å². The number of nitrogens with zero attached hydrogens (tertiary/aromatic N) is 3. The van der Waals surface area contributed by atoms with Crippen LogP contribution in [-0.2, 0) is 19.6 Å². The minimum Gasteiger partial charge on any atom is -0.497 e. The molecule has 8 nitrogen and oxygen atoms in total. The highest BCUT2D eigenvalue weighted by atomic mass is 32.2. The average Bonchev–Trinajstić information content (AvgIpc) is 3.68. The van der Waals surface area contributed by atoms with E-state index >= 15 is 0 Å². The minimum atomic E-state index is -3.67. The standard InChI is InChI=1S/C27H43N3O5S/c1-20-17-25(34-4)18-21(2)27(20)36(32,33)30(24-5-6-24)15-16-35-19-26(31)29-13-9-23(10-14-29)22-7-11-28(3)12-8-22/h17-18,22-24H,5-16,19H2,1-4H3. The molecule has 0 atom stereocenters. The van der Waals surface area contributed by atoms with Crippen molar-refractivity contribution >= 4 is 15.9 Å². The van der Waals surface area contributed by atoms with E-state index in [9.17, 15) is 13.2 Å². The normalized spacial score (nSPS) is 20.8. The molecule has 0 aromatic heterocycles. The van der Waals surface area contributed by atoms with Crippen molar-refractivity contribution in [1.29, 1.82) is 0 Å². The van der Waals surface area contributed by atoms with Crippen LogP contribution in [0.25, 0.3) is 0 Å². The first-order valence-electron chi connectivity index (χ1n) is 13.4. The number of likely N-dealkylation sites (tertiary alicyclic amines) is 2. The number of hydrogen-bond acceptors (Lipinski definition) is 6. The summed E-state index contributed by atoms with van der Waals surface area (Å²) in [5, 5.41) is 0. The fourth-order valence-electron chi connectivity index (χ4n) is 5.94. The molecule has 3 fully saturated rings. The van der Waals surface area contributed by atoms with E-state index < -0.39 is 10.0 Å². The Morgan fingerprint density at radius 1 is 0.972 bits per heavy atom. The highest BCUT2D eigenvalue weighted by Gasteiger charge is 2.39. The number of benzene rings is 1. The Labute approximate surface area is 217 Å². The molecule has 36 heavy (non-hydrogen) atoms. The van der Waals surface area contributed by atoms with E-state index in [2.05, 4.69) is 11.9 Å². The number of rotatable bonds is 10. The molecular weight excluding hydrogens is 478 g/mol. The zero-order valence-electron chi connectivity index (χ0n) is 22.4. The van der Waals surface area contributed by atoms with Crippen LogP contribution in [0.4, 0.5) is 0 Å². The monoisotopic (exact) mass is 521 g/mol. The third kappa shape index (κ3) is 6.41. The molecule has 0 radical (unpaired) electrons.